The number of carbonyl (C=O) groups excluding carboxylic acids is 7. The highest BCUT2D eigenvalue weighted by Crippen LogP contribution is 2.25. The van der Waals surface area contributed by atoms with Crippen molar-refractivity contribution in [3.8, 4) is 0 Å². The number of unbranched alkanes of at least 4 members (excludes halogenated alkanes) is 1. The van der Waals surface area contributed by atoms with Crippen molar-refractivity contribution in [2.24, 2.45) is 22.2 Å². The van der Waals surface area contributed by atoms with Gasteiger partial charge in [-0.15, -0.1) is 0 Å². The van der Waals surface area contributed by atoms with Gasteiger partial charge in [-0.25, -0.2) is 0 Å². The van der Waals surface area contributed by atoms with Gasteiger partial charge in [0.1, 0.15) is 30.2 Å². The number of aromatic nitrogens is 1. The molecule has 310 valence electrons. The van der Waals surface area contributed by atoms with Gasteiger partial charge in [-0.3, -0.25) is 43.3 Å². The molecule has 2 aromatic rings. The number of aromatic amines is 1. The van der Waals surface area contributed by atoms with Gasteiger partial charge in [-0.2, -0.15) is 0 Å². The molecule has 4 rings (SSSR count). The summed E-state index contributed by atoms with van der Waals surface area (Å²) in [6.07, 6.45) is 2.48. The van der Waals surface area contributed by atoms with Crippen molar-refractivity contribution in [1.29, 1.82) is 0 Å². The maximum Gasteiger partial charge on any atom is 0.305 e. The standard InChI is InChI=1S/C35H49N11O9S2/c36-30(51)25-18-57-56-13-10-27(47)42-22(8-3-4-11-39-35(37)38)31(52)41-17-28(48)43-23(15-29(49)50)32(53)44-24(14-19-16-40-21-7-2-1-6-20(19)21)34(55)46-12-5-9-26(46)33(54)45-25/h1-2,6-7,16,22-26,40H,3-5,8-15,17-18H2,(H2,36,51)(H,41,52)(H,42,47)(H,43,48)(H,44,53)(H,45,54)(H,49,50)(H4,37,38,39)/t22-,23-,24-,25-,26+/m0/s1. The molecule has 7 amide bonds. The third kappa shape index (κ3) is 13.6. The number of hydrogen-bond donors (Lipinski definition) is 10. The molecule has 0 bridgehead atoms. The van der Waals surface area contributed by atoms with Crippen molar-refractivity contribution in [2.45, 2.75) is 81.6 Å². The minimum Gasteiger partial charge on any atom is -0.481 e. The fourth-order valence-electron chi connectivity index (χ4n) is 6.39. The van der Waals surface area contributed by atoms with Crippen LogP contribution in [0, 0.1) is 0 Å². The molecule has 2 fully saturated rings. The van der Waals surface area contributed by atoms with Crippen molar-refractivity contribution in [3.63, 3.8) is 0 Å². The van der Waals surface area contributed by atoms with E-state index in [4.69, 9.17) is 17.2 Å². The minimum absolute atomic E-state index is 0.0195. The Balaban J connectivity index is 1.61. The number of rotatable bonds is 10. The fraction of sp³-hybridized carbons (Fsp3) is 0.514. The monoisotopic (exact) mass is 831 g/mol. The molecule has 0 radical (unpaired) electrons. The maximum atomic E-state index is 14.3. The molecule has 22 heteroatoms. The van der Waals surface area contributed by atoms with Gasteiger partial charge in [0.15, 0.2) is 5.96 Å². The van der Waals surface area contributed by atoms with Gasteiger partial charge in [0, 0.05) is 54.5 Å². The average molecular weight is 832 g/mol. The molecular weight excluding hydrogens is 783 g/mol. The molecule has 0 unspecified atom stereocenters. The van der Waals surface area contributed by atoms with Crippen LogP contribution >= 0.6 is 21.6 Å². The lowest BCUT2D eigenvalue weighted by Crippen LogP contribution is -2.59. The predicted octanol–water partition coefficient (Wildman–Crippen LogP) is -2.05. The van der Waals surface area contributed by atoms with Crippen LogP contribution in [0.3, 0.4) is 0 Å². The summed E-state index contributed by atoms with van der Waals surface area (Å²) in [5, 5.41) is 23.1. The van der Waals surface area contributed by atoms with Crippen LogP contribution in [-0.4, -0.2) is 130 Å². The number of amides is 7. The van der Waals surface area contributed by atoms with Gasteiger partial charge in [0.25, 0.3) is 0 Å². The van der Waals surface area contributed by atoms with Crippen molar-refractivity contribution in [2.75, 3.05) is 31.1 Å². The number of hydrogen-bond acceptors (Lipinski definition) is 11. The number of H-pyrrole nitrogens is 1. The number of fused-ring (bicyclic) bond motifs is 2. The van der Waals surface area contributed by atoms with E-state index < -0.39 is 90.5 Å². The molecule has 1 aromatic heterocycles. The molecule has 20 nitrogen and oxygen atoms in total. The smallest absolute Gasteiger partial charge is 0.305 e. The molecule has 0 aliphatic carbocycles. The summed E-state index contributed by atoms with van der Waals surface area (Å²) in [6.45, 7) is -0.233. The van der Waals surface area contributed by atoms with E-state index in [1.807, 2.05) is 18.2 Å². The summed E-state index contributed by atoms with van der Waals surface area (Å²) in [5.41, 5.74) is 17.8. The molecule has 2 aliphatic rings. The van der Waals surface area contributed by atoms with Gasteiger partial charge in [0.05, 0.1) is 13.0 Å². The van der Waals surface area contributed by atoms with E-state index in [2.05, 4.69) is 36.6 Å². The molecule has 1 aromatic carbocycles. The Hall–Kier alpha value is -5.51. The number of nitrogens with zero attached hydrogens (tertiary/aromatic N) is 2. The quantitative estimate of drug-likeness (QED) is 0.0534. The second-order valence-electron chi connectivity index (χ2n) is 13.5. The van der Waals surface area contributed by atoms with E-state index in [0.29, 0.717) is 24.8 Å². The molecule has 0 spiro atoms. The molecule has 2 saturated heterocycles. The first-order valence-electron chi connectivity index (χ1n) is 18.4. The van der Waals surface area contributed by atoms with Crippen LogP contribution in [0.2, 0.25) is 0 Å². The van der Waals surface area contributed by atoms with Crippen LogP contribution in [0.1, 0.15) is 50.5 Å². The number of carboxylic acid groups (broad SMARTS) is 1. The van der Waals surface area contributed by atoms with Gasteiger partial charge in [-0.1, -0.05) is 39.8 Å². The van der Waals surface area contributed by atoms with E-state index in [9.17, 15) is 43.5 Å². The number of carboxylic acids is 1. The summed E-state index contributed by atoms with van der Waals surface area (Å²) >= 11 is 0. The Morgan fingerprint density at radius 2 is 1.63 bits per heavy atom. The van der Waals surface area contributed by atoms with Crippen LogP contribution in [-0.2, 0) is 44.8 Å². The number of aliphatic imine (C=N–C) groups is 1. The van der Waals surface area contributed by atoms with Crippen LogP contribution < -0.4 is 43.8 Å². The second kappa shape index (κ2) is 21.7. The summed E-state index contributed by atoms with van der Waals surface area (Å²) in [7, 11) is 2.45. The highest BCUT2D eigenvalue weighted by molar-refractivity contribution is 8.76. The largest absolute Gasteiger partial charge is 0.481 e. The van der Waals surface area contributed by atoms with Crippen molar-refractivity contribution < 1.29 is 43.5 Å². The second-order valence-corrected chi connectivity index (χ2v) is 16.1. The first-order chi connectivity index (χ1) is 27.2. The normalized spacial score (nSPS) is 23.6. The SMILES string of the molecule is NC(=O)[C@@H]1CSSCCC(=O)N[C@@H](CCCCN=C(N)N)C(=O)NCC(=O)N[C@@H](CC(=O)O)C(=O)N[C@@H](Cc2c[nH]c3ccccc23)C(=O)N2CCC[C@@H]2C(=O)N1. The summed E-state index contributed by atoms with van der Waals surface area (Å²) in [5.74, 6) is -6.35. The first-order valence-corrected chi connectivity index (χ1v) is 20.9. The third-order valence-corrected chi connectivity index (χ3v) is 11.7. The zero-order valence-corrected chi connectivity index (χ0v) is 32.8. The summed E-state index contributed by atoms with van der Waals surface area (Å²) in [6, 6.07) is 1.07. The zero-order chi connectivity index (χ0) is 41.5. The van der Waals surface area contributed by atoms with Gasteiger partial charge < -0.3 is 58.8 Å². The van der Waals surface area contributed by atoms with Crippen LogP contribution in [0.5, 0.6) is 0 Å². The highest BCUT2D eigenvalue weighted by Gasteiger charge is 2.40. The van der Waals surface area contributed by atoms with Gasteiger partial charge in [0.2, 0.25) is 41.4 Å². The molecule has 3 heterocycles. The topological polar surface area (TPSA) is 326 Å². The van der Waals surface area contributed by atoms with Crippen molar-refractivity contribution in [3.05, 3.63) is 36.0 Å². The fourth-order valence-corrected chi connectivity index (χ4v) is 8.56. The number of primary amides is 1. The molecule has 2 aliphatic heterocycles. The number of carbonyl (C=O) groups is 8. The maximum absolute atomic E-state index is 14.3. The lowest BCUT2D eigenvalue weighted by molar-refractivity contribution is -0.143. The molecule has 0 saturated carbocycles. The number of benzene rings is 1. The lowest BCUT2D eigenvalue weighted by Gasteiger charge is -2.30. The third-order valence-electron chi connectivity index (χ3n) is 9.24. The molecule has 5 atom stereocenters. The Morgan fingerprint density at radius 1 is 0.877 bits per heavy atom. The molecular formula is C35H49N11O9S2. The number of guanidine groups is 1. The van der Waals surface area contributed by atoms with Crippen LogP contribution in [0.25, 0.3) is 10.9 Å². The average Bonchev–Trinajstić information content (AvgIpc) is 3.82. The Bertz CT molecular complexity index is 1840. The Kier molecular flexibility index (Phi) is 16.8. The number of nitrogens with one attached hydrogen (secondary N) is 6. The minimum atomic E-state index is -1.68. The predicted molar refractivity (Wildman–Crippen MR) is 213 cm³/mol. The number of nitrogens with two attached hydrogens (primary N) is 3. The summed E-state index contributed by atoms with van der Waals surface area (Å²) < 4.78 is 0. The van der Waals surface area contributed by atoms with Crippen LogP contribution in [0.4, 0.5) is 0 Å². The van der Waals surface area contributed by atoms with Crippen molar-refractivity contribution >= 4 is 85.8 Å². The van der Waals surface area contributed by atoms with E-state index in [1.165, 1.54) is 26.5 Å². The lowest BCUT2D eigenvalue weighted by atomic mass is 10.0. The van der Waals surface area contributed by atoms with Gasteiger partial charge >= 0.3 is 5.97 Å². The number of aliphatic carboxylic acids is 1. The molecule has 13 N–H and O–H groups in total. The number of para-hydroxylation sites is 1. The van der Waals surface area contributed by atoms with E-state index >= 15 is 0 Å². The summed E-state index contributed by atoms with van der Waals surface area (Å²) in [4.78, 5) is 114. The highest BCUT2D eigenvalue weighted by atomic mass is 33.1. The molecule has 57 heavy (non-hydrogen) atoms. The van der Waals surface area contributed by atoms with E-state index in [-0.39, 0.29) is 56.2 Å². The first kappa shape index (κ1) is 44.2. The Labute approximate surface area is 335 Å². The Morgan fingerprint density at radius 3 is 2.37 bits per heavy atom. The van der Waals surface area contributed by atoms with Crippen molar-refractivity contribution in [1.82, 2.24) is 36.5 Å². The zero-order valence-electron chi connectivity index (χ0n) is 31.1. The van der Waals surface area contributed by atoms with Gasteiger partial charge in [-0.05, 0) is 43.7 Å². The van der Waals surface area contributed by atoms with E-state index in [0.717, 1.165) is 10.9 Å². The van der Waals surface area contributed by atoms with E-state index in [1.54, 1.807) is 12.3 Å². The van der Waals surface area contributed by atoms with Crippen LogP contribution in [0.15, 0.2) is 35.5 Å².